The third-order valence-corrected chi connectivity index (χ3v) is 6.81. The quantitative estimate of drug-likeness (QED) is 0.658. The van der Waals surface area contributed by atoms with Gasteiger partial charge in [-0.2, -0.15) is 13.2 Å². The molecule has 1 atom stereocenters. The van der Waals surface area contributed by atoms with Crippen molar-refractivity contribution in [3.63, 3.8) is 0 Å². The number of primary amides is 1. The highest BCUT2D eigenvalue weighted by Gasteiger charge is 2.40. The average molecular weight is 449 g/mol. The van der Waals surface area contributed by atoms with Gasteiger partial charge in [-0.3, -0.25) is 4.79 Å². The lowest BCUT2D eigenvalue weighted by atomic mass is 9.72. The average Bonchev–Trinajstić information content (AvgIpc) is 2.65. The van der Waals surface area contributed by atoms with Crippen LogP contribution in [0.5, 0.6) is 5.75 Å². The highest BCUT2D eigenvalue weighted by Crippen LogP contribution is 2.44. The molecule has 2 aromatic rings. The molecule has 4 rings (SSSR count). The minimum atomic E-state index is -4.55. The van der Waals surface area contributed by atoms with Crippen molar-refractivity contribution in [3.8, 4) is 5.75 Å². The van der Waals surface area contributed by atoms with Gasteiger partial charge in [0.2, 0.25) is 5.91 Å². The largest absolute Gasteiger partial charge is 0.490 e. The fourth-order valence-corrected chi connectivity index (χ4v) is 4.86. The minimum absolute atomic E-state index is 0.0820. The van der Waals surface area contributed by atoms with Gasteiger partial charge in [-0.1, -0.05) is 45.0 Å². The van der Waals surface area contributed by atoms with Gasteiger partial charge in [0.25, 0.3) is 0 Å². The summed E-state index contributed by atoms with van der Waals surface area (Å²) in [5.41, 5.74) is 5.42. The summed E-state index contributed by atoms with van der Waals surface area (Å²) in [7, 11) is 0. The van der Waals surface area contributed by atoms with E-state index in [0.29, 0.717) is 22.8 Å². The number of fused-ring (bicyclic) bond motifs is 1. The Balaban J connectivity index is 1.61. The Labute approximate surface area is 186 Å². The van der Waals surface area contributed by atoms with Crippen LogP contribution < -0.4 is 10.5 Å². The first-order valence-corrected chi connectivity index (χ1v) is 11.0. The summed E-state index contributed by atoms with van der Waals surface area (Å²) in [6.07, 6.45) is -2.18. The second kappa shape index (κ2) is 8.25. The monoisotopic (exact) mass is 448 g/mol. The predicted molar refractivity (Wildman–Crippen MR) is 116 cm³/mol. The van der Waals surface area contributed by atoms with E-state index in [4.69, 9.17) is 15.2 Å². The van der Waals surface area contributed by atoms with Gasteiger partial charge in [0.15, 0.2) is 0 Å². The van der Waals surface area contributed by atoms with Crippen LogP contribution in [0, 0.1) is 17.3 Å². The maximum Gasteiger partial charge on any atom is 0.420 e. The van der Waals surface area contributed by atoms with Crippen LogP contribution in [0.4, 0.5) is 13.2 Å². The van der Waals surface area contributed by atoms with Crippen LogP contribution in [0.25, 0.3) is 10.8 Å². The molecule has 2 aromatic carbocycles. The predicted octanol–water partition coefficient (Wildman–Crippen LogP) is 5.65. The Kier molecular flexibility index (Phi) is 5.90. The maximum atomic E-state index is 14.1. The summed E-state index contributed by atoms with van der Waals surface area (Å²) in [6.45, 7) is 6.86. The summed E-state index contributed by atoms with van der Waals surface area (Å²) < 4.78 is 53.4. The second-order valence-electron chi connectivity index (χ2n) is 9.95. The molecular weight excluding hydrogens is 419 g/mol. The number of carbonyl (C=O) groups excluding carboxylic acids is 1. The van der Waals surface area contributed by atoms with Gasteiger partial charge in [-0.25, -0.2) is 0 Å². The lowest BCUT2D eigenvalue weighted by molar-refractivity contribution is -0.138. The number of hydrogen-bond donors (Lipinski definition) is 1. The highest BCUT2D eigenvalue weighted by atomic mass is 19.4. The number of ether oxygens (including phenoxy) is 2. The molecule has 0 aromatic heterocycles. The normalized spacial score (nSPS) is 24.9. The molecule has 1 radical (unpaired) electrons. The molecule has 1 saturated heterocycles. The van der Waals surface area contributed by atoms with Crippen molar-refractivity contribution in [2.75, 3.05) is 6.61 Å². The Hall–Kier alpha value is -2.28. The first-order chi connectivity index (χ1) is 14.9. The van der Waals surface area contributed by atoms with E-state index in [9.17, 15) is 18.0 Å². The van der Waals surface area contributed by atoms with E-state index in [2.05, 4.69) is 20.8 Å². The van der Waals surface area contributed by atoms with Gasteiger partial charge in [-0.15, -0.1) is 0 Å². The van der Waals surface area contributed by atoms with Gasteiger partial charge in [0, 0.05) is 0 Å². The Morgan fingerprint density at radius 1 is 1.06 bits per heavy atom. The number of carbonyl (C=O) groups is 1. The molecule has 1 amide bonds. The molecule has 2 N–H and O–H groups in total. The zero-order valence-corrected chi connectivity index (χ0v) is 18.6. The number of hydrogen-bond acceptors (Lipinski definition) is 3. The van der Waals surface area contributed by atoms with Crippen molar-refractivity contribution in [2.24, 2.45) is 17.1 Å². The van der Waals surface area contributed by atoms with Gasteiger partial charge in [-0.05, 0) is 59.4 Å². The molecule has 1 heterocycles. The zero-order chi connectivity index (χ0) is 23.3. The molecule has 1 saturated carbocycles. The first-order valence-electron chi connectivity index (χ1n) is 11.0. The van der Waals surface area contributed by atoms with Crippen LogP contribution in [0.15, 0.2) is 30.3 Å². The Morgan fingerprint density at radius 2 is 1.75 bits per heavy atom. The molecule has 2 aliphatic rings. The standard InChI is InChI=1S/C25H29F3NO3/c1-24(2,3)16-6-8-17(9-7-16)32-20-11-5-14-12-15(19-13-31-22(19)23(29)30)4-10-18(14)21(20)25(26,27)28/h4-5,10-12,16-17,22H,6-9,13H2,1-3H3,(H2,29,30)/t16-,17-,22?. The second-order valence-corrected chi connectivity index (χ2v) is 9.95. The SMILES string of the molecule is CC(C)(C)[C@H]1CC[C@H](Oc2ccc3cc([C]4COC4C(N)=O)ccc3c2C(F)(F)F)CC1. The number of rotatable bonds is 4. The Morgan fingerprint density at radius 3 is 2.28 bits per heavy atom. The van der Waals surface area contributed by atoms with Crippen LogP contribution in [-0.2, 0) is 15.7 Å². The molecule has 1 unspecified atom stereocenters. The third-order valence-electron chi connectivity index (χ3n) is 6.81. The van der Waals surface area contributed by atoms with Crippen molar-refractivity contribution in [3.05, 3.63) is 47.4 Å². The van der Waals surface area contributed by atoms with Crippen molar-refractivity contribution in [1.29, 1.82) is 0 Å². The molecule has 1 aliphatic carbocycles. The summed E-state index contributed by atoms with van der Waals surface area (Å²) in [5, 5.41) is 0.514. The van der Waals surface area contributed by atoms with Crippen LogP contribution in [0.2, 0.25) is 0 Å². The molecule has 32 heavy (non-hydrogen) atoms. The van der Waals surface area contributed by atoms with E-state index >= 15 is 0 Å². The van der Waals surface area contributed by atoms with Crippen LogP contribution in [0.3, 0.4) is 0 Å². The Bertz CT molecular complexity index is 1000. The number of halogens is 3. The first kappa shape index (κ1) is 22.9. The van der Waals surface area contributed by atoms with Crippen molar-refractivity contribution >= 4 is 16.7 Å². The van der Waals surface area contributed by atoms with E-state index in [0.717, 1.165) is 25.7 Å². The molecule has 2 fully saturated rings. The van der Waals surface area contributed by atoms with Gasteiger partial charge in [0.05, 0.1) is 18.6 Å². The number of nitrogens with two attached hydrogens (primary N) is 1. The van der Waals surface area contributed by atoms with E-state index < -0.39 is 23.8 Å². The van der Waals surface area contributed by atoms with E-state index in [1.54, 1.807) is 18.2 Å². The molecule has 4 nitrogen and oxygen atoms in total. The molecule has 7 heteroatoms. The minimum Gasteiger partial charge on any atom is -0.490 e. The topological polar surface area (TPSA) is 61.6 Å². The maximum absolute atomic E-state index is 14.1. The lowest BCUT2D eigenvalue weighted by Crippen LogP contribution is -2.47. The zero-order valence-electron chi connectivity index (χ0n) is 18.6. The number of amides is 1. The van der Waals surface area contributed by atoms with Gasteiger partial charge >= 0.3 is 6.18 Å². The van der Waals surface area contributed by atoms with Crippen LogP contribution in [-0.4, -0.2) is 24.7 Å². The summed E-state index contributed by atoms with van der Waals surface area (Å²) in [4.78, 5) is 11.4. The van der Waals surface area contributed by atoms with Crippen LogP contribution in [0.1, 0.15) is 57.6 Å². The smallest absolute Gasteiger partial charge is 0.420 e. The van der Waals surface area contributed by atoms with Crippen LogP contribution >= 0.6 is 0 Å². The summed E-state index contributed by atoms with van der Waals surface area (Å²) in [5.74, 6) is 0.513. The van der Waals surface area contributed by atoms with Crippen molar-refractivity contribution < 1.29 is 27.4 Å². The van der Waals surface area contributed by atoms with E-state index in [1.165, 1.54) is 12.1 Å². The molecule has 1 aliphatic heterocycles. The fraction of sp³-hybridized carbons (Fsp3) is 0.520. The number of alkyl halides is 3. The van der Waals surface area contributed by atoms with Crippen molar-refractivity contribution in [1.82, 2.24) is 0 Å². The lowest BCUT2D eigenvalue weighted by Gasteiger charge is -2.37. The van der Waals surface area contributed by atoms with E-state index in [-0.39, 0.29) is 29.3 Å². The fourth-order valence-electron chi connectivity index (χ4n) is 4.86. The summed E-state index contributed by atoms with van der Waals surface area (Å²) >= 11 is 0. The molecule has 173 valence electrons. The van der Waals surface area contributed by atoms with Crippen molar-refractivity contribution in [2.45, 2.75) is 64.8 Å². The molecule has 0 bridgehead atoms. The summed E-state index contributed by atoms with van der Waals surface area (Å²) in [6, 6.07) is 7.74. The van der Waals surface area contributed by atoms with Gasteiger partial charge < -0.3 is 15.2 Å². The van der Waals surface area contributed by atoms with Gasteiger partial charge in [0.1, 0.15) is 17.4 Å². The number of benzene rings is 2. The third kappa shape index (κ3) is 4.45. The van der Waals surface area contributed by atoms with E-state index in [1.807, 2.05) is 0 Å². The highest BCUT2D eigenvalue weighted by molar-refractivity contribution is 5.90. The molecule has 0 spiro atoms. The molecular formula is C25H29F3NO3.